The third-order valence-electron chi connectivity index (χ3n) is 6.08. The highest BCUT2D eigenvalue weighted by Crippen LogP contribution is 2.46. The first-order valence-electron chi connectivity index (χ1n) is 10.8. The number of aryl methyl sites for hydroxylation is 1. The normalized spacial score (nSPS) is 18.8. The second-order valence-corrected chi connectivity index (χ2v) is 9.87. The van der Waals surface area contributed by atoms with E-state index in [1.54, 1.807) is 9.80 Å². The van der Waals surface area contributed by atoms with E-state index in [2.05, 4.69) is 0 Å². The van der Waals surface area contributed by atoms with Gasteiger partial charge in [0.25, 0.3) is 11.8 Å². The van der Waals surface area contributed by atoms with Crippen LogP contribution in [-0.2, 0) is 16.1 Å². The highest BCUT2D eigenvalue weighted by Gasteiger charge is 2.43. The number of thioether (sulfide) groups is 1. The van der Waals surface area contributed by atoms with Crippen LogP contribution in [0.4, 0.5) is 5.69 Å². The Morgan fingerprint density at radius 2 is 1.55 bits per heavy atom. The topological polar surface area (TPSA) is 40.6 Å². The first kappa shape index (κ1) is 21.6. The number of hydrogen-bond acceptors (Lipinski definition) is 4. The van der Waals surface area contributed by atoms with Gasteiger partial charge < -0.3 is 4.90 Å². The monoisotopic (exact) mass is 470 g/mol. The molecule has 5 rings (SSSR count). The van der Waals surface area contributed by atoms with E-state index in [0.717, 1.165) is 22.4 Å². The van der Waals surface area contributed by atoms with Gasteiger partial charge in [0.15, 0.2) is 0 Å². The molecule has 0 aromatic heterocycles. The molecule has 1 saturated heterocycles. The summed E-state index contributed by atoms with van der Waals surface area (Å²) >= 11 is 6.82. The third-order valence-corrected chi connectivity index (χ3v) is 7.48. The zero-order chi connectivity index (χ0) is 23.1. The summed E-state index contributed by atoms with van der Waals surface area (Å²) in [5, 5.41) is 0. The number of hydrogen-bond donors (Lipinski definition) is 0. The fraction of sp³-hybridized carbons (Fsp3) is 0.148. The smallest absolute Gasteiger partial charge is 0.267 e. The molecule has 3 aromatic rings. The summed E-state index contributed by atoms with van der Waals surface area (Å²) in [6.07, 6.45) is 0. The van der Waals surface area contributed by atoms with Crippen LogP contribution in [0.25, 0.3) is 5.57 Å². The van der Waals surface area contributed by atoms with Crippen LogP contribution >= 0.6 is 24.0 Å². The molecule has 0 saturated carbocycles. The maximum absolute atomic E-state index is 13.7. The first-order chi connectivity index (χ1) is 16.0. The van der Waals surface area contributed by atoms with Crippen LogP contribution in [0.5, 0.6) is 0 Å². The Morgan fingerprint density at radius 1 is 0.879 bits per heavy atom. The van der Waals surface area contributed by atoms with Crippen molar-refractivity contribution in [3.8, 4) is 0 Å². The minimum atomic E-state index is -0.216. The van der Waals surface area contributed by atoms with Crippen molar-refractivity contribution in [2.24, 2.45) is 0 Å². The SMILES string of the molecule is Cc1ccc(CN2C(=O)/C(=C3\SC(=S)N([C@@H](C)c4ccccc4)C3=O)c3ccccc32)cc1. The lowest BCUT2D eigenvalue weighted by Crippen LogP contribution is -2.31. The fourth-order valence-electron chi connectivity index (χ4n) is 4.28. The van der Waals surface area contributed by atoms with Crippen molar-refractivity contribution in [3.05, 3.63) is 106 Å². The first-order valence-corrected chi connectivity index (χ1v) is 12.0. The second kappa shape index (κ2) is 8.61. The third kappa shape index (κ3) is 3.79. The number of benzene rings is 3. The highest BCUT2D eigenvalue weighted by atomic mass is 32.2. The Labute approximate surface area is 202 Å². The van der Waals surface area contributed by atoms with Crippen LogP contribution in [0.15, 0.2) is 83.8 Å². The summed E-state index contributed by atoms with van der Waals surface area (Å²) in [6.45, 7) is 4.44. The fourth-order valence-corrected chi connectivity index (χ4v) is 5.77. The molecule has 1 atom stereocenters. The van der Waals surface area contributed by atoms with E-state index in [9.17, 15) is 9.59 Å². The standard InChI is InChI=1S/C27H22N2O2S2/c1-17-12-14-19(15-13-17)16-28-22-11-7-6-10-21(22)23(25(28)30)24-26(31)29(27(32)33-24)18(2)20-8-4-3-5-9-20/h3-15,18H,16H2,1-2H3/b24-23-/t18-/m0/s1. The summed E-state index contributed by atoms with van der Waals surface area (Å²) in [7, 11) is 0. The predicted molar refractivity (Wildman–Crippen MR) is 138 cm³/mol. The van der Waals surface area contributed by atoms with E-state index >= 15 is 0 Å². The molecule has 2 aliphatic rings. The number of anilines is 1. The number of fused-ring (bicyclic) bond motifs is 1. The van der Waals surface area contributed by atoms with Crippen molar-refractivity contribution in [1.82, 2.24) is 4.90 Å². The van der Waals surface area contributed by atoms with Crippen molar-refractivity contribution < 1.29 is 9.59 Å². The van der Waals surface area contributed by atoms with Crippen molar-refractivity contribution in [2.75, 3.05) is 4.90 Å². The molecule has 3 aromatic carbocycles. The van der Waals surface area contributed by atoms with Gasteiger partial charge in [-0.2, -0.15) is 0 Å². The number of carbonyl (C=O) groups is 2. The molecule has 2 aliphatic heterocycles. The van der Waals surface area contributed by atoms with Gasteiger partial charge in [-0.3, -0.25) is 14.5 Å². The zero-order valence-corrected chi connectivity index (χ0v) is 20.0. The molecule has 2 amide bonds. The van der Waals surface area contributed by atoms with Gasteiger partial charge in [-0.25, -0.2) is 0 Å². The van der Waals surface area contributed by atoms with E-state index < -0.39 is 0 Å². The molecule has 0 spiro atoms. The van der Waals surface area contributed by atoms with E-state index in [-0.39, 0.29) is 17.9 Å². The second-order valence-electron chi connectivity index (χ2n) is 8.23. The molecular weight excluding hydrogens is 448 g/mol. The quantitative estimate of drug-likeness (QED) is 0.353. The average Bonchev–Trinajstić information content (AvgIpc) is 3.27. The minimum absolute atomic E-state index is 0.162. The van der Waals surface area contributed by atoms with Crippen molar-refractivity contribution in [1.29, 1.82) is 0 Å². The van der Waals surface area contributed by atoms with Crippen LogP contribution in [0, 0.1) is 6.92 Å². The predicted octanol–water partition coefficient (Wildman–Crippen LogP) is 5.87. The van der Waals surface area contributed by atoms with Gasteiger partial charge in [0, 0.05) is 5.56 Å². The molecule has 164 valence electrons. The molecule has 4 nitrogen and oxygen atoms in total. The summed E-state index contributed by atoms with van der Waals surface area (Å²) in [5.41, 5.74) is 5.25. The summed E-state index contributed by atoms with van der Waals surface area (Å²) in [4.78, 5) is 31.0. The molecule has 6 heteroatoms. The zero-order valence-electron chi connectivity index (χ0n) is 18.3. The number of carbonyl (C=O) groups excluding carboxylic acids is 2. The number of rotatable bonds is 4. The van der Waals surface area contributed by atoms with Crippen LogP contribution in [0.2, 0.25) is 0 Å². The van der Waals surface area contributed by atoms with Crippen LogP contribution in [0.3, 0.4) is 0 Å². The van der Waals surface area contributed by atoms with Crippen molar-refractivity contribution >= 4 is 51.4 Å². The van der Waals surface area contributed by atoms with Gasteiger partial charge in [-0.15, -0.1) is 0 Å². The van der Waals surface area contributed by atoms with Gasteiger partial charge in [0.05, 0.1) is 28.8 Å². The molecule has 1 fully saturated rings. The molecule has 33 heavy (non-hydrogen) atoms. The average molecular weight is 471 g/mol. The van der Waals surface area contributed by atoms with Gasteiger partial charge in [-0.1, -0.05) is 102 Å². The van der Waals surface area contributed by atoms with Gasteiger partial charge >= 0.3 is 0 Å². The lowest BCUT2D eigenvalue weighted by Gasteiger charge is -2.23. The molecular formula is C27H22N2O2S2. The van der Waals surface area contributed by atoms with E-state index in [1.165, 1.54) is 17.3 Å². The maximum Gasteiger partial charge on any atom is 0.267 e. The Bertz CT molecular complexity index is 1300. The Balaban J connectivity index is 1.53. The number of nitrogens with zero attached hydrogens (tertiary/aromatic N) is 2. The number of thiocarbonyl (C=S) groups is 1. The van der Waals surface area contributed by atoms with Gasteiger partial charge in [-0.05, 0) is 31.0 Å². The van der Waals surface area contributed by atoms with Crippen LogP contribution < -0.4 is 4.90 Å². The van der Waals surface area contributed by atoms with E-state index in [4.69, 9.17) is 12.2 Å². The summed E-state index contributed by atoms with van der Waals surface area (Å²) in [5.74, 6) is -0.374. The van der Waals surface area contributed by atoms with Crippen LogP contribution in [0.1, 0.15) is 35.2 Å². The van der Waals surface area contributed by atoms with Crippen LogP contribution in [-0.4, -0.2) is 21.0 Å². The molecule has 0 bridgehead atoms. The largest absolute Gasteiger partial charge is 0.303 e. The van der Waals surface area contributed by atoms with Crippen molar-refractivity contribution in [2.45, 2.75) is 26.4 Å². The Kier molecular flexibility index (Phi) is 5.64. The lowest BCUT2D eigenvalue weighted by molar-refractivity contribution is -0.123. The Morgan fingerprint density at radius 3 is 2.27 bits per heavy atom. The van der Waals surface area contributed by atoms with E-state index in [0.29, 0.717) is 21.3 Å². The number of para-hydroxylation sites is 1. The molecule has 0 radical (unpaired) electrons. The summed E-state index contributed by atoms with van der Waals surface area (Å²) in [6, 6.07) is 25.4. The van der Waals surface area contributed by atoms with E-state index in [1.807, 2.05) is 92.7 Å². The molecule has 0 aliphatic carbocycles. The minimum Gasteiger partial charge on any atom is -0.303 e. The van der Waals surface area contributed by atoms with Gasteiger partial charge in [0.2, 0.25) is 0 Å². The molecule has 0 unspecified atom stereocenters. The summed E-state index contributed by atoms with van der Waals surface area (Å²) < 4.78 is 0.473. The lowest BCUT2D eigenvalue weighted by atomic mass is 10.1. The van der Waals surface area contributed by atoms with Crippen molar-refractivity contribution in [3.63, 3.8) is 0 Å². The maximum atomic E-state index is 13.7. The Hall–Kier alpha value is -3.22. The number of amides is 2. The highest BCUT2D eigenvalue weighted by molar-refractivity contribution is 8.26. The van der Waals surface area contributed by atoms with Gasteiger partial charge in [0.1, 0.15) is 4.32 Å². The molecule has 0 N–H and O–H groups in total. The molecule has 2 heterocycles.